The molecule has 0 radical (unpaired) electrons. The quantitative estimate of drug-likeness (QED) is 0.243. The zero-order chi connectivity index (χ0) is 10.3. The first-order valence-electron chi connectivity index (χ1n) is 4.08. The molecule has 0 bridgehead atoms. The van der Waals surface area contributed by atoms with E-state index in [1.165, 1.54) is 6.20 Å². The van der Waals surface area contributed by atoms with E-state index in [9.17, 15) is 4.79 Å². The maximum atomic E-state index is 11.1. The summed E-state index contributed by atoms with van der Waals surface area (Å²) in [6, 6.07) is 0. The van der Waals surface area contributed by atoms with E-state index in [1.807, 2.05) is 6.92 Å². The molecule has 4 N–H and O–H groups in total. The number of rotatable bonds is 5. The molecule has 13 heavy (non-hydrogen) atoms. The summed E-state index contributed by atoms with van der Waals surface area (Å²) in [7, 11) is 0. The Bertz CT molecular complexity index is 223. The van der Waals surface area contributed by atoms with Gasteiger partial charge < -0.3 is 15.8 Å². The van der Waals surface area contributed by atoms with E-state index in [0.717, 1.165) is 0 Å². The molecule has 0 aromatic carbocycles. The van der Waals surface area contributed by atoms with Crippen molar-refractivity contribution in [2.45, 2.75) is 13.8 Å². The van der Waals surface area contributed by atoms with Gasteiger partial charge in [-0.25, -0.2) is 4.79 Å². The molecule has 0 aromatic heterocycles. The van der Waals surface area contributed by atoms with Crippen molar-refractivity contribution < 1.29 is 9.53 Å². The summed E-state index contributed by atoms with van der Waals surface area (Å²) in [5.74, 6) is -0.865. The Labute approximate surface area is 77.5 Å². The fraction of sp³-hybridized carbons (Fsp3) is 0.500. The molecule has 0 fully saturated rings. The third-order valence-electron chi connectivity index (χ3n) is 1.24. The van der Waals surface area contributed by atoms with E-state index in [-0.39, 0.29) is 18.0 Å². The Kier molecular flexibility index (Phi) is 5.34. The minimum Gasteiger partial charge on any atom is -0.462 e. The monoisotopic (exact) mass is 185 g/mol. The molecule has 0 saturated heterocycles. The average Bonchev–Trinajstić information content (AvgIpc) is 2.05. The van der Waals surface area contributed by atoms with Crippen LogP contribution >= 0.6 is 0 Å². The SMILES string of the molecule is CCN/C=C(\C(=N)N)C(=O)OCC. The summed E-state index contributed by atoms with van der Waals surface area (Å²) >= 11 is 0. The maximum Gasteiger partial charge on any atom is 0.343 e. The van der Waals surface area contributed by atoms with Gasteiger partial charge in [0.2, 0.25) is 0 Å². The zero-order valence-corrected chi connectivity index (χ0v) is 7.89. The van der Waals surface area contributed by atoms with E-state index in [2.05, 4.69) is 5.32 Å². The van der Waals surface area contributed by atoms with Crippen molar-refractivity contribution in [3.63, 3.8) is 0 Å². The van der Waals surface area contributed by atoms with Crippen molar-refractivity contribution in [2.75, 3.05) is 13.2 Å². The first kappa shape index (κ1) is 11.5. The van der Waals surface area contributed by atoms with Gasteiger partial charge in [0.15, 0.2) is 0 Å². The predicted molar refractivity (Wildman–Crippen MR) is 50.3 cm³/mol. The van der Waals surface area contributed by atoms with Gasteiger partial charge in [0.25, 0.3) is 0 Å². The predicted octanol–water partition coefficient (Wildman–Crippen LogP) is -0.0211. The number of ether oxygens (including phenoxy) is 1. The molecule has 0 unspecified atom stereocenters. The largest absolute Gasteiger partial charge is 0.462 e. The van der Waals surface area contributed by atoms with Crippen molar-refractivity contribution in [3.05, 3.63) is 11.8 Å². The number of nitrogens with two attached hydrogens (primary N) is 1. The molecule has 0 spiro atoms. The molecule has 0 rings (SSSR count). The maximum absolute atomic E-state index is 11.1. The Morgan fingerprint density at radius 3 is 2.62 bits per heavy atom. The minimum absolute atomic E-state index is 0.0590. The summed E-state index contributed by atoms with van der Waals surface area (Å²) in [6.45, 7) is 4.51. The Hall–Kier alpha value is -1.52. The fourth-order valence-electron chi connectivity index (χ4n) is 0.660. The minimum atomic E-state index is -0.573. The molecule has 0 aromatic rings. The van der Waals surface area contributed by atoms with Gasteiger partial charge in [0.1, 0.15) is 11.4 Å². The highest BCUT2D eigenvalue weighted by molar-refractivity contribution is 6.16. The van der Waals surface area contributed by atoms with Crippen LogP contribution in [0.2, 0.25) is 0 Å². The van der Waals surface area contributed by atoms with Gasteiger partial charge in [-0.3, -0.25) is 5.41 Å². The number of carbonyl (C=O) groups excluding carboxylic acids is 1. The van der Waals surface area contributed by atoms with Crippen molar-refractivity contribution in [2.24, 2.45) is 5.73 Å². The second kappa shape index (κ2) is 6.05. The average molecular weight is 185 g/mol. The Morgan fingerprint density at radius 1 is 1.62 bits per heavy atom. The Morgan fingerprint density at radius 2 is 2.23 bits per heavy atom. The van der Waals surface area contributed by atoms with Crippen LogP contribution in [-0.2, 0) is 9.53 Å². The highest BCUT2D eigenvalue weighted by Crippen LogP contribution is 1.95. The van der Waals surface area contributed by atoms with E-state index in [0.29, 0.717) is 6.54 Å². The first-order valence-corrected chi connectivity index (χ1v) is 4.08. The van der Waals surface area contributed by atoms with Gasteiger partial charge in [0.05, 0.1) is 6.61 Å². The topological polar surface area (TPSA) is 88.2 Å². The summed E-state index contributed by atoms with van der Waals surface area (Å²) in [5, 5.41) is 9.89. The first-order chi connectivity index (χ1) is 6.13. The van der Waals surface area contributed by atoms with Crippen LogP contribution in [0.5, 0.6) is 0 Å². The second-order valence-electron chi connectivity index (χ2n) is 2.25. The fourth-order valence-corrected chi connectivity index (χ4v) is 0.660. The van der Waals surface area contributed by atoms with Crippen LogP contribution in [0.15, 0.2) is 11.8 Å². The van der Waals surface area contributed by atoms with Crippen molar-refractivity contribution >= 4 is 11.8 Å². The Balaban J connectivity index is 4.41. The molecule has 0 saturated carbocycles. The lowest BCUT2D eigenvalue weighted by molar-refractivity contribution is -0.137. The molecule has 0 aliphatic carbocycles. The lowest BCUT2D eigenvalue weighted by Crippen LogP contribution is -2.24. The zero-order valence-electron chi connectivity index (χ0n) is 7.89. The van der Waals surface area contributed by atoms with Gasteiger partial charge in [-0.1, -0.05) is 0 Å². The summed E-state index contributed by atoms with van der Waals surface area (Å²) in [5.41, 5.74) is 5.24. The number of hydrogen-bond donors (Lipinski definition) is 3. The standard InChI is InChI=1S/C8H15N3O2/c1-3-11-5-6(7(9)10)8(12)13-4-2/h5,11H,3-4H2,1-2H3,(H3,9,10)/b6-5+. The molecule has 5 heteroatoms. The number of esters is 1. The van der Waals surface area contributed by atoms with Crippen molar-refractivity contribution in [1.82, 2.24) is 5.32 Å². The number of nitrogens with one attached hydrogen (secondary N) is 2. The molecule has 0 aliphatic rings. The van der Waals surface area contributed by atoms with Gasteiger partial charge >= 0.3 is 5.97 Å². The number of hydrogen-bond acceptors (Lipinski definition) is 4. The van der Waals surface area contributed by atoms with Crippen LogP contribution in [0.1, 0.15) is 13.8 Å². The second-order valence-corrected chi connectivity index (χ2v) is 2.25. The van der Waals surface area contributed by atoms with Crippen LogP contribution in [0.3, 0.4) is 0 Å². The third-order valence-corrected chi connectivity index (χ3v) is 1.24. The van der Waals surface area contributed by atoms with Crippen LogP contribution in [-0.4, -0.2) is 25.0 Å². The van der Waals surface area contributed by atoms with E-state index in [1.54, 1.807) is 6.92 Å². The smallest absolute Gasteiger partial charge is 0.343 e. The molecule has 5 nitrogen and oxygen atoms in total. The molecular weight excluding hydrogens is 170 g/mol. The van der Waals surface area contributed by atoms with E-state index >= 15 is 0 Å². The summed E-state index contributed by atoms with van der Waals surface area (Å²) in [6.07, 6.45) is 1.39. The lowest BCUT2D eigenvalue weighted by atomic mass is 10.2. The highest BCUT2D eigenvalue weighted by Gasteiger charge is 2.12. The van der Waals surface area contributed by atoms with E-state index < -0.39 is 5.97 Å². The highest BCUT2D eigenvalue weighted by atomic mass is 16.5. The molecule has 0 heterocycles. The van der Waals surface area contributed by atoms with Gasteiger partial charge in [-0.15, -0.1) is 0 Å². The molecule has 0 atom stereocenters. The van der Waals surface area contributed by atoms with Crippen molar-refractivity contribution in [1.29, 1.82) is 5.41 Å². The van der Waals surface area contributed by atoms with Gasteiger partial charge in [-0.2, -0.15) is 0 Å². The van der Waals surface area contributed by atoms with Crippen molar-refractivity contribution in [3.8, 4) is 0 Å². The lowest BCUT2D eigenvalue weighted by Gasteiger charge is -2.04. The molecular formula is C8H15N3O2. The summed E-state index contributed by atoms with van der Waals surface area (Å²) in [4.78, 5) is 11.1. The van der Waals surface area contributed by atoms with Crippen LogP contribution < -0.4 is 11.1 Å². The molecule has 0 amide bonds. The van der Waals surface area contributed by atoms with Crippen LogP contribution in [0.4, 0.5) is 0 Å². The third kappa shape index (κ3) is 4.15. The normalized spacial score (nSPS) is 10.8. The van der Waals surface area contributed by atoms with Crippen LogP contribution in [0.25, 0.3) is 0 Å². The van der Waals surface area contributed by atoms with Gasteiger partial charge in [0, 0.05) is 12.7 Å². The van der Waals surface area contributed by atoms with E-state index in [4.69, 9.17) is 15.9 Å². The van der Waals surface area contributed by atoms with Gasteiger partial charge in [-0.05, 0) is 13.8 Å². The number of carbonyl (C=O) groups is 1. The van der Waals surface area contributed by atoms with Crippen LogP contribution in [0, 0.1) is 5.41 Å². The molecule has 0 aliphatic heterocycles. The summed E-state index contributed by atoms with van der Waals surface area (Å²) < 4.78 is 4.69. The molecule has 74 valence electrons. The number of amidine groups is 1.